The quantitative estimate of drug-likeness (QED) is 0.343. The first-order chi connectivity index (χ1) is 18.1. The maximum Gasteiger partial charge on any atom is 0.408 e. The second kappa shape index (κ2) is 15.4. The summed E-state index contributed by atoms with van der Waals surface area (Å²) in [5.41, 5.74) is 2.07. The van der Waals surface area contributed by atoms with Gasteiger partial charge in [0.15, 0.2) is 0 Å². The number of benzene rings is 2. The van der Waals surface area contributed by atoms with E-state index in [1.54, 1.807) is 37.4 Å². The van der Waals surface area contributed by atoms with Crippen molar-refractivity contribution < 1.29 is 19.1 Å². The third kappa shape index (κ3) is 10.4. The predicted octanol–water partition coefficient (Wildman–Crippen LogP) is 5.63. The number of alkyl carbamates (subject to hydrolysis) is 1. The number of aryl methyl sites for hydroxylation is 1. The Morgan fingerprint density at radius 1 is 1.03 bits per heavy atom. The molecule has 208 valence electrons. The molecule has 0 saturated heterocycles. The van der Waals surface area contributed by atoms with Gasteiger partial charge in [0.1, 0.15) is 17.7 Å². The Kier molecular flexibility index (Phi) is 12.7. The number of rotatable bonds is 13. The highest BCUT2D eigenvalue weighted by Crippen LogP contribution is 2.25. The maximum atomic E-state index is 14.1. The molecule has 0 bridgehead atoms. The summed E-state index contributed by atoms with van der Waals surface area (Å²) in [7, 11) is 0. The fourth-order valence-corrected chi connectivity index (χ4v) is 4.41. The van der Waals surface area contributed by atoms with Crippen LogP contribution in [0, 0.1) is 6.92 Å². The molecule has 0 aromatic heterocycles. The van der Waals surface area contributed by atoms with Crippen LogP contribution in [0.3, 0.4) is 0 Å². The number of carbonyl (C=O) groups excluding carboxylic acids is 3. The first kappa shape index (κ1) is 31.2. The van der Waals surface area contributed by atoms with Crippen molar-refractivity contribution in [1.82, 2.24) is 15.5 Å². The molecule has 0 saturated carbocycles. The number of nitrogens with one attached hydrogen (secondary N) is 2. The summed E-state index contributed by atoms with van der Waals surface area (Å²) < 4.78 is 5.45. The van der Waals surface area contributed by atoms with Gasteiger partial charge in [0.25, 0.3) is 0 Å². The lowest BCUT2D eigenvalue weighted by molar-refractivity contribution is -0.142. The molecule has 8 heteroatoms. The van der Waals surface area contributed by atoms with E-state index < -0.39 is 23.8 Å². The Bertz CT molecular complexity index is 1020. The van der Waals surface area contributed by atoms with E-state index in [0.29, 0.717) is 25.3 Å². The zero-order valence-electron chi connectivity index (χ0n) is 23.6. The number of nitrogens with zero attached hydrogens (tertiary/aromatic N) is 1. The standard InChI is InChI=1S/C30H43N3O4S/c1-7-8-19-33(28(35)25(18-20-38-6)32-29(36)37-30(3,4)5)26(24-16-14-22(2)15-17-24)27(34)31-21-23-12-10-9-11-13-23/h9-17,25-26H,7-8,18-21H2,1-6H3,(H,31,34)(H,32,36). The highest BCUT2D eigenvalue weighted by atomic mass is 32.2. The molecule has 0 aliphatic heterocycles. The normalized spacial score (nSPS) is 12.8. The van der Waals surface area contributed by atoms with E-state index in [1.807, 2.05) is 74.7 Å². The summed E-state index contributed by atoms with van der Waals surface area (Å²) in [6.07, 6.45) is 3.31. The molecular weight excluding hydrogens is 498 g/mol. The van der Waals surface area contributed by atoms with Crippen LogP contribution in [0.2, 0.25) is 0 Å². The minimum Gasteiger partial charge on any atom is -0.444 e. The van der Waals surface area contributed by atoms with Crippen LogP contribution in [-0.2, 0) is 20.9 Å². The average Bonchev–Trinajstić information content (AvgIpc) is 2.87. The molecule has 2 aromatic carbocycles. The van der Waals surface area contributed by atoms with Gasteiger partial charge in [-0.3, -0.25) is 9.59 Å². The lowest BCUT2D eigenvalue weighted by atomic mass is 10.0. The van der Waals surface area contributed by atoms with Gasteiger partial charge in [0.05, 0.1) is 0 Å². The number of unbranched alkanes of at least 4 members (excludes halogenated alkanes) is 1. The molecule has 2 unspecified atom stereocenters. The van der Waals surface area contributed by atoms with Crippen LogP contribution in [0.4, 0.5) is 4.79 Å². The summed E-state index contributed by atoms with van der Waals surface area (Å²) >= 11 is 1.59. The molecule has 0 aliphatic carbocycles. The zero-order chi connectivity index (χ0) is 28.1. The summed E-state index contributed by atoms with van der Waals surface area (Å²) in [5, 5.41) is 5.81. The third-order valence-electron chi connectivity index (χ3n) is 5.90. The fourth-order valence-electron chi connectivity index (χ4n) is 3.94. The molecular formula is C30H43N3O4S. The largest absolute Gasteiger partial charge is 0.444 e. The smallest absolute Gasteiger partial charge is 0.408 e. The Hall–Kier alpha value is -3.00. The Balaban J connectivity index is 2.42. The second-order valence-corrected chi connectivity index (χ2v) is 11.4. The van der Waals surface area contributed by atoms with Crippen LogP contribution in [0.15, 0.2) is 54.6 Å². The van der Waals surface area contributed by atoms with Gasteiger partial charge >= 0.3 is 6.09 Å². The molecule has 0 fully saturated rings. The third-order valence-corrected chi connectivity index (χ3v) is 6.54. The lowest BCUT2D eigenvalue weighted by Crippen LogP contribution is -2.53. The van der Waals surface area contributed by atoms with Crippen LogP contribution in [0.25, 0.3) is 0 Å². The first-order valence-corrected chi connectivity index (χ1v) is 14.6. The van der Waals surface area contributed by atoms with Gasteiger partial charge in [-0.1, -0.05) is 73.5 Å². The first-order valence-electron chi connectivity index (χ1n) is 13.2. The second-order valence-electron chi connectivity index (χ2n) is 10.4. The van der Waals surface area contributed by atoms with E-state index in [9.17, 15) is 14.4 Å². The number of thioether (sulfide) groups is 1. The van der Waals surface area contributed by atoms with Crippen LogP contribution in [0.5, 0.6) is 0 Å². The van der Waals surface area contributed by atoms with Crippen molar-refractivity contribution in [3.05, 3.63) is 71.3 Å². The SMILES string of the molecule is CCCCN(C(=O)C(CCSC)NC(=O)OC(C)(C)C)C(C(=O)NCc1ccccc1)c1ccc(C)cc1. The molecule has 0 radical (unpaired) electrons. The summed E-state index contributed by atoms with van der Waals surface area (Å²) in [5.74, 6) is 0.116. The highest BCUT2D eigenvalue weighted by molar-refractivity contribution is 7.98. The van der Waals surface area contributed by atoms with Gasteiger partial charge < -0.3 is 20.3 Å². The lowest BCUT2D eigenvalue weighted by Gasteiger charge is -2.34. The van der Waals surface area contributed by atoms with E-state index in [1.165, 1.54) is 0 Å². The molecule has 38 heavy (non-hydrogen) atoms. The van der Waals surface area contributed by atoms with E-state index in [-0.39, 0.29) is 11.8 Å². The van der Waals surface area contributed by atoms with Gasteiger partial charge in [-0.25, -0.2) is 4.79 Å². The number of ether oxygens (including phenoxy) is 1. The minimum absolute atomic E-state index is 0.261. The topological polar surface area (TPSA) is 87.7 Å². The van der Waals surface area contributed by atoms with Crippen molar-refractivity contribution in [2.24, 2.45) is 0 Å². The summed E-state index contributed by atoms with van der Waals surface area (Å²) in [6.45, 7) is 10.1. The Labute approximate surface area is 232 Å². The molecule has 2 rings (SSSR count). The molecule has 0 spiro atoms. The summed E-state index contributed by atoms with van der Waals surface area (Å²) in [6, 6.07) is 15.7. The molecule has 2 aromatic rings. The highest BCUT2D eigenvalue weighted by Gasteiger charge is 2.35. The van der Waals surface area contributed by atoms with E-state index >= 15 is 0 Å². The van der Waals surface area contributed by atoms with Crippen molar-refractivity contribution >= 4 is 29.7 Å². The van der Waals surface area contributed by atoms with E-state index in [4.69, 9.17) is 4.74 Å². The fraction of sp³-hybridized carbons (Fsp3) is 0.500. The van der Waals surface area contributed by atoms with Crippen LogP contribution in [0.1, 0.15) is 69.7 Å². The van der Waals surface area contributed by atoms with Crippen molar-refractivity contribution in [2.75, 3.05) is 18.6 Å². The van der Waals surface area contributed by atoms with Gasteiger partial charge in [0.2, 0.25) is 11.8 Å². The molecule has 7 nitrogen and oxygen atoms in total. The number of amides is 3. The maximum absolute atomic E-state index is 14.1. The van der Waals surface area contributed by atoms with Gasteiger partial charge in [0, 0.05) is 13.1 Å². The monoisotopic (exact) mass is 541 g/mol. The van der Waals surface area contributed by atoms with Crippen molar-refractivity contribution in [3.8, 4) is 0 Å². The van der Waals surface area contributed by atoms with Crippen molar-refractivity contribution in [1.29, 1.82) is 0 Å². The van der Waals surface area contributed by atoms with Gasteiger partial charge in [-0.05, 0) is 63.7 Å². The molecule has 2 N–H and O–H groups in total. The predicted molar refractivity (Wildman–Crippen MR) is 155 cm³/mol. The zero-order valence-corrected chi connectivity index (χ0v) is 24.4. The van der Waals surface area contributed by atoms with Crippen LogP contribution in [-0.4, -0.2) is 53.0 Å². The summed E-state index contributed by atoms with van der Waals surface area (Å²) in [4.78, 5) is 42.1. The number of carbonyl (C=O) groups is 3. The molecule has 0 aliphatic rings. The number of hydrogen-bond donors (Lipinski definition) is 2. The Morgan fingerprint density at radius 2 is 1.68 bits per heavy atom. The molecule has 0 heterocycles. The van der Waals surface area contributed by atoms with Crippen LogP contribution >= 0.6 is 11.8 Å². The minimum atomic E-state index is -0.837. The average molecular weight is 542 g/mol. The van der Waals surface area contributed by atoms with Crippen LogP contribution < -0.4 is 10.6 Å². The van der Waals surface area contributed by atoms with Gasteiger partial charge in [-0.2, -0.15) is 11.8 Å². The molecule has 2 atom stereocenters. The van der Waals surface area contributed by atoms with Gasteiger partial charge in [-0.15, -0.1) is 0 Å². The van der Waals surface area contributed by atoms with Crippen molar-refractivity contribution in [2.45, 2.75) is 78.1 Å². The van der Waals surface area contributed by atoms with E-state index in [2.05, 4.69) is 10.6 Å². The van der Waals surface area contributed by atoms with Crippen molar-refractivity contribution in [3.63, 3.8) is 0 Å². The van der Waals surface area contributed by atoms with E-state index in [0.717, 1.165) is 29.5 Å². The molecule has 3 amide bonds. The number of hydrogen-bond acceptors (Lipinski definition) is 5. The Morgan fingerprint density at radius 3 is 2.26 bits per heavy atom.